The van der Waals surface area contributed by atoms with E-state index in [0.717, 1.165) is 17.8 Å². The van der Waals surface area contributed by atoms with Crippen LogP contribution in [0.5, 0.6) is 0 Å². The second-order valence-corrected chi connectivity index (χ2v) is 8.59. The van der Waals surface area contributed by atoms with E-state index in [2.05, 4.69) is 10.1 Å². The molecule has 1 saturated heterocycles. The van der Waals surface area contributed by atoms with Crippen LogP contribution in [0.1, 0.15) is 30.9 Å². The summed E-state index contributed by atoms with van der Waals surface area (Å²) in [5.74, 6) is -0.947. The maximum atomic E-state index is 13.0. The number of nitrogens with zero attached hydrogens (tertiary/aromatic N) is 5. The van der Waals surface area contributed by atoms with Gasteiger partial charge in [0, 0.05) is 32.3 Å². The Kier molecular flexibility index (Phi) is 7.11. The van der Waals surface area contributed by atoms with Gasteiger partial charge in [0.25, 0.3) is 0 Å². The summed E-state index contributed by atoms with van der Waals surface area (Å²) in [5, 5.41) is 4.45. The highest BCUT2D eigenvalue weighted by Gasteiger charge is 2.39. The number of halogens is 4. The van der Waals surface area contributed by atoms with Crippen molar-refractivity contribution in [2.45, 2.75) is 32.5 Å². The first kappa shape index (κ1) is 24.7. The third-order valence-corrected chi connectivity index (χ3v) is 6.13. The SMILES string of the molecule is CCN(C(=O)CC1CN(Cc2ccc(C(F)(F)F)cc2)C1=O)c1cn(C2=CCC=CN=C2)nc1Cl. The van der Waals surface area contributed by atoms with E-state index in [9.17, 15) is 22.8 Å². The number of aromatic nitrogens is 2. The molecule has 184 valence electrons. The number of alkyl halides is 3. The van der Waals surface area contributed by atoms with Crippen molar-refractivity contribution < 1.29 is 22.8 Å². The zero-order valence-electron chi connectivity index (χ0n) is 18.9. The Labute approximate surface area is 205 Å². The largest absolute Gasteiger partial charge is 0.416 e. The number of rotatable bonds is 7. The number of hydrogen-bond acceptors (Lipinski definition) is 4. The molecule has 0 N–H and O–H groups in total. The smallest absolute Gasteiger partial charge is 0.337 e. The van der Waals surface area contributed by atoms with Crippen molar-refractivity contribution >= 4 is 41.0 Å². The third-order valence-electron chi connectivity index (χ3n) is 5.86. The number of likely N-dealkylation sites (tertiary alicyclic amines) is 1. The Morgan fingerprint density at radius 1 is 1.26 bits per heavy atom. The van der Waals surface area contributed by atoms with Crippen LogP contribution in [-0.4, -0.2) is 45.8 Å². The van der Waals surface area contributed by atoms with E-state index in [1.54, 1.807) is 30.2 Å². The number of carbonyl (C=O) groups excluding carboxylic acids is 2. The number of anilines is 1. The molecule has 0 bridgehead atoms. The number of carbonyl (C=O) groups is 2. The summed E-state index contributed by atoms with van der Waals surface area (Å²) in [6.07, 6.45) is 5.10. The van der Waals surface area contributed by atoms with Gasteiger partial charge in [-0.3, -0.25) is 14.6 Å². The Morgan fingerprint density at radius 3 is 2.66 bits per heavy atom. The van der Waals surface area contributed by atoms with Crippen LogP contribution in [0, 0.1) is 5.92 Å². The van der Waals surface area contributed by atoms with Gasteiger partial charge in [-0.15, -0.1) is 0 Å². The second-order valence-electron chi connectivity index (χ2n) is 8.23. The maximum absolute atomic E-state index is 13.0. The van der Waals surface area contributed by atoms with Crippen molar-refractivity contribution in [1.29, 1.82) is 0 Å². The lowest BCUT2D eigenvalue weighted by atomic mass is 9.93. The average molecular weight is 506 g/mol. The van der Waals surface area contributed by atoms with Gasteiger partial charge in [0.2, 0.25) is 11.8 Å². The minimum absolute atomic E-state index is 0.00572. The summed E-state index contributed by atoms with van der Waals surface area (Å²) >= 11 is 6.33. The summed E-state index contributed by atoms with van der Waals surface area (Å²) in [6.45, 7) is 2.70. The van der Waals surface area contributed by atoms with Crippen LogP contribution in [0.2, 0.25) is 5.15 Å². The molecule has 4 rings (SSSR count). The van der Waals surface area contributed by atoms with Gasteiger partial charge in [-0.05, 0) is 31.0 Å². The van der Waals surface area contributed by atoms with Crippen LogP contribution in [-0.2, 0) is 22.3 Å². The fourth-order valence-electron chi connectivity index (χ4n) is 3.99. The van der Waals surface area contributed by atoms with Gasteiger partial charge in [0.1, 0.15) is 5.69 Å². The first-order chi connectivity index (χ1) is 16.7. The molecular weight excluding hydrogens is 483 g/mol. The highest BCUT2D eigenvalue weighted by atomic mass is 35.5. The topological polar surface area (TPSA) is 70.8 Å². The van der Waals surface area contributed by atoms with E-state index < -0.39 is 17.7 Å². The molecule has 2 amide bonds. The standard InChI is InChI=1S/C24H23ClF3N5O2/c1-2-32(20-15-33(30-22(20)25)19-5-3-4-10-29-12-19)21(34)11-17-14-31(23(17)35)13-16-6-8-18(9-7-16)24(26,27)28/h4-10,12,15,17H,2-3,11,13-14H2,1H3. The molecule has 1 unspecified atom stereocenters. The van der Waals surface area contributed by atoms with E-state index in [4.69, 9.17) is 11.6 Å². The molecule has 1 aromatic carbocycles. The quantitative estimate of drug-likeness (QED) is 0.508. The van der Waals surface area contributed by atoms with E-state index in [1.807, 2.05) is 12.2 Å². The van der Waals surface area contributed by atoms with Crippen molar-refractivity contribution in [3.63, 3.8) is 0 Å². The lowest BCUT2D eigenvalue weighted by Crippen LogP contribution is -2.53. The van der Waals surface area contributed by atoms with Crippen molar-refractivity contribution in [2.24, 2.45) is 10.9 Å². The molecule has 2 aromatic rings. The molecule has 0 spiro atoms. The molecule has 0 radical (unpaired) electrons. The van der Waals surface area contributed by atoms with Gasteiger partial charge in [0.05, 0.1) is 29.6 Å². The summed E-state index contributed by atoms with van der Waals surface area (Å²) < 4.78 is 39.7. The zero-order valence-corrected chi connectivity index (χ0v) is 19.6. The molecular formula is C24H23ClF3N5O2. The van der Waals surface area contributed by atoms with Crippen LogP contribution in [0.25, 0.3) is 5.70 Å². The van der Waals surface area contributed by atoms with Gasteiger partial charge in [-0.1, -0.05) is 35.9 Å². The average Bonchev–Trinajstić information content (AvgIpc) is 3.01. The summed E-state index contributed by atoms with van der Waals surface area (Å²) in [4.78, 5) is 32.8. The molecule has 2 aliphatic heterocycles. The summed E-state index contributed by atoms with van der Waals surface area (Å²) in [6, 6.07) is 4.71. The molecule has 2 aliphatic rings. The van der Waals surface area contributed by atoms with Gasteiger partial charge < -0.3 is 9.80 Å². The fraction of sp³-hybridized carbons (Fsp3) is 0.333. The minimum Gasteiger partial charge on any atom is -0.337 e. The van der Waals surface area contributed by atoms with Crippen molar-refractivity contribution in [1.82, 2.24) is 14.7 Å². The monoisotopic (exact) mass is 505 g/mol. The number of hydrogen-bond donors (Lipinski definition) is 0. The summed E-state index contributed by atoms with van der Waals surface area (Å²) in [7, 11) is 0. The summed E-state index contributed by atoms with van der Waals surface area (Å²) in [5.41, 5.74) is 1.02. The number of allylic oxidation sites excluding steroid dienone is 3. The number of aliphatic imine (C=N–C) groups is 1. The third kappa shape index (κ3) is 5.48. The lowest BCUT2D eigenvalue weighted by molar-refractivity contribution is -0.151. The molecule has 11 heteroatoms. The van der Waals surface area contributed by atoms with Crippen LogP contribution in [0.15, 0.2) is 53.8 Å². The normalized spacial score (nSPS) is 17.7. The highest BCUT2D eigenvalue weighted by molar-refractivity contribution is 6.32. The number of amides is 2. The predicted molar refractivity (Wildman–Crippen MR) is 127 cm³/mol. The van der Waals surface area contributed by atoms with Gasteiger partial charge in [-0.25, -0.2) is 4.68 Å². The van der Waals surface area contributed by atoms with Crippen molar-refractivity contribution in [3.05, 3.63) is 65.1 Å². The van der Waals surface area contributed by atoms with E-state index in [-0.39, 0.29) is 29.9 Å². The first-order valence-corrected chi connectivity index (χ1v) is 11.4. The minimum atomic E-state index is -4.40. The zero-order chi connectivity index (χ0) is 25.2. The van der Waals surface area contributed by atoms with Crippen molar-refractivity contribution in [3.8, 4) is 0 Å². The van der Waals surface area contributed by atoms with Gasteiger partial charge >= 0.3 is 6.18 Å². The van der Waals surface area contributed by atoms with Crippen LogP contribution in [0.3, 0.4) is 0 Å². The number of β-lactam (4-membered cyclic amide) rings is 1. The molecule has 1 atom stereocenters. The Morgan fingerprint density at radius 2 is 2.00 bits per heavy atom. The molecule has 3 heterocycles. The van der Waals surface area contributed by atoms with E-state index in [1.165, 1.54) is 21.9 Å². The Bertz CT molecular complexity index is 1200. The van der Waals surface area contributed by atoms with E-state index in [0.29, 0.717) is 30.8 Å². The molecule has 1 aromatic heterocycles. The van der Waals surface area contributed by atoms with Gasteiger partial charge in [0.15, 0.2) is 5.15 Å². The molecule has 0 aliphatic carbocycles. The Balaban J connectivity index is 1.36. The molecule has 1 fully saturated rings. The van der Waals surface area contributed by atoms with Crippen molar-refractivity contribution in [2.75, 3.05) is 18.0 Å². The van der Waals surface area contributed by atoms with Crippen LogP contribution in [0.4, 0.5) is 18.9 Å². The lowest BCUT2D eigenvalue weighted by Gasteiger charge is -2.39. The predicted octanol–water partition coefficient (Wildman–Crippen LogP) is 4.79. The van der Waals surface area contributed by atoms with Gasteiger partial charge in [-0.2, -0.15) is 18.3 Å². The van der Waals surface area contributed by atoms with E-state index >= 15 is 0 Å². The second kappa shape index (κ2) is 10.1. The fourth-order valence-corrected chi connectivity index (χ4v) is 4.22. The molecule has 35 heavy (non-hydrogen) atoms. The first-order valence-electron chi connectivity index (χ1n) is 11.1. The van der Waals surface area contributed by atoms with Crippen LogP contribution < -0.4 is 4.90 Å². The maximum Gasteiger partial charge on any atom is 0.416 e. The highest BCUT2D eigenvalue weighted by Crippen LogP contribution is 2.31. The number of benzene rings is 1. The van der Waals surface area contributed by atoms with Crippen LogP contribution >= 0.6 is 11.6 Å². The Hall–Kier alpha value is -3.40. The molecule has 7 nitrogen and oxygen atoms in total. The molecule has 0 saturated carbocycles.